The van der Waals surface area contributed by atoms with Crippen LogP contribution >= 0.6 is 0 Å². The Bertz CT molecular complexity index is 295. The normalized spacial score (nSPS) is 10.1. The summed E-state index contributed by atoms with van der Waals surface area (Å²) < 4.78 is 35.8. The molecule has 0 N–H and O–H groups in total. The number of hydrogen-bond donors (Lipinski definition) is 0. The van der Waals surface area contributed by atoms with E-state index in [-0.39, 0.29) is 24.9 Å². The molecule has 0 bridgehead atoms. The van der Waals surface area contributed by atoms with Gasteiger partial charge in [-0.1, -0.05) is 0 Å². The molecule has 0 aromatic carbocycles. The Morgan fingerprint density at radius 2 is 2.07 bits per heavy atom. The van der Waals surface area contributed by atoms with Crippen LogP contribution in [-0.4, -0.2) is 18.2 Å². The maximum absolute atomic E-state index is 10.8. The minimum absolute atomic E-state index is 0.104. The predicted molar refractivity (Wildman–Crippen MR) is 45.4 cm³/mol. The maximum atomic E-state index is 10.8. The third-order valence-electron chi connectivity index (χ3n) is 1.06. The molecule has 0 spiro atoms. The molecule has 0 atom stereocenters. The van der Waals surface area contributed by atoms with Gasteiger partial charge in [-0.2, -0.15) is 13.2 Å². The van der Waals surface area contributed by atoms with Crippen LogP contribution in [0.5, 0.6) is 0 Å². The molecule has 0 amide bonds. The molecule has 0 saturated carbocycles. The molecule has 6 heteroatoms. The quantitative estimate of drug-likeness (QED) is 0.448. The summed E-state index contributed by atoms with van der Waals surface area (Å²) >= 11 is 0. The molecule has 0 aliphatic carbocycles. The van der Waals surface area contributed by atoms with Gasteiger partial charge in [-0.05, 0) is 12.1 Å². The van der Waals surface area contributed by atoms with E-state index in [4.69, 9.17) is 4.42 Å². The van der Waals surface area contributed by atoms with Gasteiger partial charge in [0.05, 0.1) is 12.7 Å². The van der Waals surface area contributed by atoms with E-state index in [1.165, 1.54) is 12.3 Å². The molecule has 1 aromatic heterocycles. The van der Waals surface area contributed by atoms with Crippen molar-refractivity contribution in [2.24, 2.45) is 0 Å². The van der Waals surface area contributed by atoms with Crippen LogP contribution in [-0.2, 0) is 4.79 Å². The molecule has 0 radical (unpaired) electrons. The topological polar surface area (TPSA) is 47.3 Å². The lowest BCUT2D eigenvalue weighted by Crippen LogP contribution is -1.96. The summed E-state index contributed by atoms with van der Waals surface area (Å²) in [5.74, 6) is -0.0351. The van der Waals surface area contributed by atoms with E-state index in [1.807, 2.05) is 0 Å². The number of furan rings is 1. The lowest BCUT2D eigenvalue weighted by Gasteiger charge is -1.88. The molecule has 1 heterocycles. The largest absolute Gasteiger partial charge is 0.461 e. The van der Waals surface area contributed by atoms with Crippen LogP contribution in [0.1, 0.15) is 23.9 Å². The average molecular weight is 222 g/mol. The molecule has 1 aromatic rings. The highest BCUT2D eigenvalue weighted by atomic mass is 19.4. The van der Waals surface area contributed by atoms with Gasteiger partial charge in [0.15, 0.2) is 5.76 Å². The lowest BCUT2D eigenvalue weighted by molar-refractivity contribution is -0.110. The van der Waals surface area contributed by atoms with Crippen LogP contribution in [0.3, 0.4) is 0 Å². The zero-order valence-corrected chi connectivity index (χ0v) is 7.88. The molecular formula is C9H9F3O3. The fraction of sp³-hybridized carbons (Fsp3) is 0.333. The van der Waals surface area contributed by atoms with Crippen LogP contribution in [0.4, 0.5) is 13.2 Å². The Morgan fingerprint density at radius 1 is 1.53 bits per heavy atom. The number of rotatable bonds is 3. The molecular weight excluding hydrogens is 213 g/mol. The molecule has 0 aliphatic heterocycles. The average Bonchev–Trinajstić information content (AvgIpc) is 2.52. The molecule has 15 heavy (non-hydrogen) atoms. The summed E-state index contributed by atoms with van der Waals surface area (Å²) in [6, 6.07) is 3.14. The zero-order valence-electron chi connectivity index (χ0n) is 7.88. The van der Waals surface area contributed by atoms with Gasteiger partial charge in [-0.25, -0.2) is 0 Å². The van der Waals surface area contributed by atoms with Crippen molar-refractivity contribution >= 4 is 12.1 Å². The van der Waals surface area contributed by atoms with Gasteiger partial charge in [-0.3, -0.25) is 4.79 Å². The zero-order chi connectivity index (χ0) is 11.9. The molecule has 0 unspecified atom stereocenters. The van der Waals surface area contributed by atoms with E-state index in [9.17, 15) is 22.8 Å². The Labute approximate surface area is 83.9 Å². The number of alkyl halides is 3. The van der Waals surface area contributed by atoms with Gasteiger partial charge in [0, 0.05) is 6.92 Å². The van der Waals surface area contributed by atoms with Gasteiger partial charge in [0.2, 0.25) is 5.78 Å². The van der Waals surface area contributed by atoms with Crippen molar-refractivity contribution in [2.45, 2.75) is 19.5 Å². The van der Waals surface area contributed by atoms with Crippen molar-refractivity contribution in [1.29, 1.82) is 0 Å². The monoisotopic (exact) mass is 222 g/mol. The van der Waals surface area contributed by atoms with Crippen LogP contribution in [0, 0.1) is 0 Å². The van der Waals surface area contributed by atoms with Gasteiger partial charge in [0.1, 0.15) is 6.29 Å². The molecule has 1 rings (SSSR count). The van der Waals surface area contributed by atoms with Gasteiger partial charge in [0.25, 0.3) is 0 Å². The number of Topliss-reactive ketones (excluding diaryl/α,β-unsaturated/α-hetero) is 1. The molecule has 0 aliphatic rings. The number of aldehydes is 1. The fourth-order valence-electron chi connectivity index (χ4n) is 0.614. The third-order valence-corrected chi connectivity index (χ3v) is 1.06. The van der Waals surface area contributed by atoms with E-state index in [0.29, 0.717) is 6.29 Å². The lowest BCUT2D eigenvalue weighted by atomic mass is 10.2. The summed E-state index contributed by atoms with van der Waals surface area (Å²) in [4.78, 5) is 20.6. The summed E-state index contributed by atoms with van der Waals surface area (Å²) in [5.41, 5.74) is 0. The van der Waals surface area contributed by atoms with Crippen molar-refractivity contribution in [1.82, 2.24) is 0 Å². The SMILES string of the molecule is CC(F)(F)F.O=CCC(=O)c1ccco1. The van der Waals surface area contributed by atoms with Gasteiger partial charge >= 0.3 is 6.18 Å². The van der Waals surface area contributed by atoms with Crippen molar-refractivity contribution < 1.29 is 27.2 Å². The summed E-state index contributed by atoms with van der Waals surface area (Å²) in [6.45, 7) is 0.188. The van der Waals surface area contributed by atoms with Crippen molar-refractivity contribution in [2.75, 3.05) is 0 Å². The van der Waals surface area contributed by atoms with E-state index in [2.05, 4.69) is 0 Å². The van der Waals surface area contributed by atoms with Crippen LogP contribution in [0.25, 0.3) is 0 Å². The van der Waals surface area contributed by atoms with E-state index in [0.717, 1.165) is 0 Å². The Morgan fingerprint density at radius 3 is 2.40 bits per heavy atom. The first kappa shape index (κ1) is 13.4. The van der Waals surface area contributed by atoms with Crippen molar-refractivity contribution in [3.05, 3.63) is 24.2 Å². The first-order chi connectivity index (χ1) is 6.84. The van der Waals surface area contributed by atoms with E-state index in [1.54, 1.807) is 6.07 Å². The number of halogens is 3. The summed E-state index contributed by atoms with van der Waals surface area (Å²) in [7, 11) is 0. The maximum Gasteiger partial charge on any atom is 0.386 e. The number of carbonyl (C=O) groups is 2. The number of carbonyl (C=O) groups excluding carboxylic acids is 2. The van der Waals surface area contributed by atoms with Crippen LogP contribution in [0.2, 0.25) is 0 Å². The van der Waals surface area contributed by atoms with Gasteiger partial charge in [-0.15, -0.1) is 0 Å². The Balaban J connectivity index is 0.000000336. The predicted octanol–water partition coefficient (Wildman–Crippen LogP) is 2.62. The highest BCUT2D eigenvalue weighted by Gasteiger charge is 2.15. The van der Waals surface area contributed by atoms with Crippen molar-refractivity contribution in [3.63, 3.8) is 0 Å². The highest BCUT2D eigenvalue weighted by Crippen LogP contribution is 2.10. The summed E-state index contributed by atoms with van der Waals surface area (Å²) in [6.07, 6.45) is -2.14. The van der Waals surface area contributed by atoms with E-state index >= 15 is 0 Å². The van der Waals surface area contributed by atoms with E-state index < -0.39 is 6.18 Å². The second kappa shape index (κ2) is 6.00. The summed E-state index contributed by atoms with van der Waals surface area (Å²) in [5, 5.41) is 0. The second-order valence-electron chi connectivity index (χ2n) is 2.55. The van der Waals surface area contributed by atoms with Crippen molar-refractivity contribution in [3.8, 4) is 0 Å². The number of hydrogen-bond acceptors (Lipinski definition) is 3. The van der Waals surface area contributed by atoms with Crippen LogP contribution in [0.15, 0.2) is 22.8 Å². The number of ketones is 1. The minimum atomic E-state index is -4.00. The highest BCUT2D eigenvalue weighted by molar-refractivity contribution is 6.00. The Kier molecular flexibility index (Phi) is 5.36. The smallest absolute Gasteiger partial charge is 0.386 e. The standard InChI is InChI=1S/C7H6O3.C2H3F3/c8-4-3-6(9)7-2-1-5-10-7;1-2(3,4)5/h1-2,4-5H,3H2;1H3. The molecule has 0 fully saturated rings. The van der Waals surface area contributed by atoms with Gasteiger partial charge < -0.3 is 9.21 Å². The second-order valence-corrected chi connectivity index (χ2v) is 2.55. The molecule has 3 nitrogen and oxygen atoms in total. The first-order valence-corrected chi connectivity index (χ1v) is 3.91. The fourth-order valence-corrected chi connectivity index (χ4v) is 0.614. The minimum Gasteiger partial charge on any atom is -0.461 e. The first-order valence-electron chi connectivity index (χ1n) is 3.91. The Hall–Kier alpha value is -1.59. The third kappa shape index (κ3) is 8.73. The molecule has 84 valence electrons. The molecule has 0 saturated heterocycles. The van der Waals surface area contributed by atoms with Crippen LogP contribution < -0.4 is 0 Å².